The second-order valence-electron chi connectivity index (χ2n) is 23.4. The molecule has 0 bridgehead atoms. The van der Waals surface area contributed by atoms with E-state index in [1.807, 2.05) is 0 Å². The molecule has 84 heavy (non-hydrogen) atoms. The number of guanidine groups is 1. The number of primary amides is 1. The predicted octanol–water partition coefficient (Wildman–Crippen LogP) is 15.2. The quantitative estimate of drug-likeness (QED) is 0.0132. The van der Waals surface area contributed by atoms with Gasteiger partial charge in [0, 0.05) is 57.7 Å². The summed E-state index contributed by atoms with van der Waals surface area (Å²) in [5.74, 6) is -4.46. The standard InChI is InChI=1S/C64H124N8O5.C2HF3O2/c1-3-5-7-9-11-13-15-17-19-21-23-25-27-29-31-33-35-37-39-41-43-49-59(73)68-54-46-56-72(62(76)52-51-61(75)71-58(63(65)77)48-45-53-70-64(66)67)57-47-55-69-60(74)50-44-42-40-38-36-34-32-30-28-26-24-22-20-18-16-14-12-10-8-6-4-2;3-2(4,5)1(6)7/h51-52,58H,3-50,53-57H2,1-2H3,(H2,65,77)(H,68,73)(H,69,74)(H,71,75)(H4,66,67,70);(H,6,7)/b52-51-;/t58-;/m0./s1. The van der Waals surface area contributed by atoms with Crippen LogP contribution in [0.3, 0.4) is 0 Å². The van der Waals surface area contributed by atoms with E-state index >= 15 is 0 Å². The molecule has 0 aliphatic rings. The number of nitrogens with one attached hydrogen (secondary N) is 3. The van der Waals surface area contributed by atoms with Crippen molar-refractivity contribution in [2.45, 2.75) is 334 Å². The summed E-state index contributed by atoms with van der Waals surface area (Å²) in [7, 11) is 0. The number of nitrogens with two attached hydrogens (primary N) is 3. The van der Waals surface area contributed by atoms with Gasteiger partial charge in [0.15, 0.2) is 5.96 Å². The zero-order chi connectivity index (χ0) is 62.4. The lowest BCUT2D eigenvalue weighted by atomic mass is 10.0. The molecule has 0 unspecified atom stereocenters. The molecule has 18 heteroatoms. The summed E-state index contributed by atoms with van der Waals surface area (Å²) < 4.78 is 31.7. The Morgan fingerprint density at radius 3 is 1.00 bits per heavy atom. The van der Waals surface area contributed by atoms with E-state index in [9.17, 15) is 37.1 Å². The molecule has 0 fully saturated rings. The van der Waals surface area contributed by atoms with Gasteiger partial charge in [-0.1, -0.05) is 271 Å². The van der Waals surface area contributed by atoms with Crippen molar-refractivity contribution in [3.8, 4) is 0 Å². The zero-order valence-corrected chi connectivity index (χ0v) is 53.4. The van der Waals surface area contributed by atoms with Crippen molar-refractivity contribution in [1.82, 2.24) is 20.9 Å². The maximum Gasteiger partial charge on any atom is 0.490 e. The van der Waals surface area contributed by atoms with Gasteiger partial charge in [0.05, 0.1) is 0 Å². The lowest BCUT2D eigenvalue weighted by Crippen LogP contribution is -2.44. The molecule has 0 radical (unpaired) electrons. The molecule has 492 valence electrons. The Balaban J connectivity index is 0. The Hall–Kier alpha value is -4.38. The van der Waals surface area contributed by atoms with Gasteiger partial charge in [0.25, 0.3) is 0 Å². The predicted molar refractivity (Wildman–Crippen MR) is 340 cm³/mol. The van der Waals surface area contributed by atoms with Crippen molar-refractivity contribution < 1.29 is 47.0 Å². The first-order valence-corrected chi connectivity index (χ1v) is 34.0. The number of halogens is 3. The molecule has 0 aliphatic carbocycles. The van der Waals surface area contributed by atoms with Crippen LogP contribution in [0.2, 0.25) is 0 Å². The molecule has 0 aromatic carbocycles. The van der Waals surface area contributed by atoms with E-state index in [-0.39, 0.29) is 36.6 Å². The van der Waals surface area contributed by atoms with Crippen LogP contribution >= 0.6 is 0 Å². The van der Waals surface area contributed by atoms with E-state index in [1.54, 1.807) is 4.90 Å². The number of nitrogens with zero attached hydrogens (tertiary/aromatic N) is 2. The van der Waals surface area contributed by atoms with Crippen LogP contribution in [0.25, 0.3) is 0 Å². The van der Waals surface area contributed by atoms with E-state index in [0.29, 0.717) is 58.3 Å². The minimum atomic E-state index is -5.08. The molecular weight excluding hydrogens is 1070 g/mol. The van der Waals surface area contributed by atoms with E-state index in [1.165, 1.54) is 237 Å². The van der Waals surface area contributed by atoms with Crippen LogP contribution in [-0.4, -0.2) is 96.4 Å². The number of aliphatic imine (C=N–C) groups is 1. The fraction of sp³-hybridized carbons (Fsp3) is 0.864. The number of rotatable bonds is 60. The molecule has 0 saturated carbocycles. The summed E-state index contributed by atoms with van der Waals surface area (Å²) in [6.45, 7) is 6.45. The highest BCUT2D eigenvalue weighted by Gasteiger charge is 2.38. The number of amides is 5. The van der Waals surface area contributed by atoms with Gasteiger partial charge in [-0.05, 0) is 38.5 Å². The Morgan fingerprint density at radius 1 is 0.452 bits per heavy atom. The van der Waals surface area contributed by atoms with E-state index in [2.05, 4.69) is 34.8 Å². The van der Waals surface area contributed by atoms with Crippen molar-refractivity contribution in [1.29, 1.82) is 0 Å². The topological polar surface area (TPSA) is 252 Å². The molecule has 15 nitrogen and oxygen atoms in total. The maximum absolute atomic E-state index is 13.4. The second kappa shape index (κ2) is 61.7. The highest BCUT2D eigenvalue weighted by Crippen LogP contribution is 2.18. The van der Waals surface area contributed by atoms with Crippen molar-refractivity contribution in [2.75, 3.05) is 32.7 Å². The number of hydrogen-bond acceptors (Lipinski definition) is 7. The van der Waals surface area contributed by atoms with Crippen LogP contribution in [0, 0.1) is 0 Å². The summed E-state index contributed by atoms with van der Waals surface area (Å²) >= 11 is 0. The molecule has 0 aliphatic heterocycles. The van der Waals surface area contributed by atoms with Crippen LogP contribution < -0.4 is 33.2 Å². The van der Waals surface area contributed by atoms with Crippen molar-refractivity contribution in [3.63, 3.8) is 0 Å². The number of carboxylic acids is 1. The Kier molecular flexibility index (Phi) is 60.0. The average molecular weight is 1200 g/mol. The molecule has 10 N–H and O–H groups in total. The minimum absolute atomic E-state index is 0.0256. The lowest BCUT2D eigenvalue weighted by molar-refractivity contribution is -0.192. The van der Waals surface area contributed by atoms with Crippen LogP contribution in [-0.2, 0) is 28.8 Å². The molecule has 0 heterocycles. The van der Waals surface area contributed by atoms with Crippen LogP contribution in [0.15, 0.2) is 17.1 Å². The Morgan fingerprint density at radius 2 is 0.738 bits per heavy atom. The third kappa shape index (κ3) is 62.2. The molecule has 5 amide bonds. The monoisotopic (exact) mass is 1200 g/mol. The Labute approximate surface area is 508 Å². The first kappa shape index (κ1) is 81.7. The summed E-state index contributed by atoms with van der Waals surface area (Å²) in [5.41, 5.74) is 16.2. The van der Waals surface area contributed by atoms with Gasteiger partial charge in [0.2, 0.25) is 29.5 Å². The van der Waals surface area contributed by atoms with Gasteiger partial charge >= 0.3 is 12.1 Å². The average Bonchev–Trinajstić information content (AvgIpc) is 3.48. The SMILES string of the molecule is CCCCCCCCCCCCCCCCCCCCCCCC(=O)NCCCN(CCCNC(=O)CCCCCCCCCCCCCCCCCCCCCCC)C(=O)/C=C\C(=O)N[C@@H](CCCN=C(N)N)C(N)=O.O=C(O)C(F)(F)F. The maximum atomic E-state index is 13.4. The molecule has 0 spiro atoms. The number of aliphatic carboxylic acids is 1. The van der Waals surface area contributed by atoms with Crippen LogP contribution in [0.1, 0.15) is 322 Å². The van der Waals surface area contributed by atoms with E-state index < -0.39 is 30.0 Å². The molecular formula is C66H125F3N8O7. The van der Waals surface area contributed by atoms with Crippen LogP contribution in [0.4, 0.5) is 13.2 Å². The van der Waals surface area contributed by atoms with Gasteiger partial charge in [-0.25, -0.2) is 4.79 Å². The number of carbonyl (C=O) groups is 6. The molecule has 1 atom stereocenters. The number of carboxylic acid groups (broad SMARTS) is 1. The van der Waals surface area contributed by atoms with Crippen LogP contribution in [0.5, 0.6) is 0 Å². The largest absolute Gasteiger partial charge is 0.490 e. The van der Waals surface area contributed by atoms with Crippen molar-refractivity contribution >= 4 is 41.5 Å². The third-order valence-corrected chi connectivity index (χ3v) is 15.4. The highest BCUT2D eigenvalue weighted by molar-refractivity contribution is 5.98. The van der Waals surface area contributed by atoms with Gasteiger partial charge in [0.1, 0.15) is 6.04 Å². The number of hydrogen-bond donors (Lipinski definition) is 7. The molecule has 0 aromatic heterocycles. The summed E-state index contributed by atoms with van der Waals surface area (Å²) in [6.07, 6.45) is 55.8. The van der Waals surface area contributed by atoms with E-state index in [4.69, 9.17) is 27.1 Å². The molecule has 0 aromatic rings. The van der Waals surface area contributed by atoms with Gasteiger partial charge in [-0.15, -0.1) is 0 Å². The lowest BCUT2D eigenvalue weighted by Gasteiger charge is -2.21. The smallest absolute Gasteiger partial charge is 0.475 e. The second-order valence-corrected chi connectivity index (χ2v) is 23.4. The summed E-state index contributed by atoms with van der Waals surface area (Å²) in [4.78, 5) is 77.8. The fourth-order valence-corrected chi connectivity index (χ4v) is 10.2. The molecule has 0 saturated heterocycles. The Bertz CT molecular complexity index is 1580. The van der Waals surface area contributed by atoms with Gasteiger partial charge < -0.3 is 43.2 Å². The minimum Gasteiger partial charge on any atom is -0.475 e. The number of unbranched alkanes of at least 4 members (excludes halogenated alkanes) is 40. The first-order valence-electron chi connectivity index (χ1n) is 34.0. The molecule has 0 rings (SSSR count). The normalized spacial score (nSPS) is 11.7. The number of carbonyl (C=O) groups excluding carboxylic acids is 5. The third-order valence-electron chi connectivity index (χ3n) is 15.4. The van der Waals surface area contributed by atoms with Crippen molar-refractivity contribution in [2.24, 2.45) is 22.2 Å². The van der Waals surface area contributed by atoms with Gasteiger partial charge in [-0.3, -0.25) is 29.0 Å². The highest BCUT2D eigenvalue weighted by atomic mass is 19.4. The van der Waals surface area contributed by atoms with Crippen molar-refractivity contribution in [3.05, 3.63) is 12.2 Å². The summed E-state index contributed by atoms with van der Waals surface area (Å²) in [5, 5.41) is 15.7. The first-order chi connectivity index (χ1) is 40.5. The zero-order valence-electron chi connectivity index (χ0n) is 53.4. The van der Waals surface area contributed by atoms with Gasteiger partial charge in [-0.2, -0.15) is 13.2 Å². The fourth-order valence-electron chi connectivity index (χ4n) is 10.2. The summed E-state index contributed by atoms with van der Waals surface area (Å²) in [6, 6.07) is -0.943. The van der Waals surface area contributed by atoms with E-state index in [0.717, 1.165) is 44.6 Å². The number of alkyl halides is 3.